The molecule has 2 aromatic rings. The Morgan fingerprint density at radius 2 is 1.76 bits per heavy atom. The van der Waals surface area contributed by atoms with Crippen LogP contribution >= 0.6 is 15.9 Å². The number of aryl methyl sites for hydroxylation is 2. The molecule has 0 atom stereocenters. The molecule has 0 heterocycles. The van der Waals surface area contributed by atoms with Crippen LogP contribution in [0.4, 0.5) is 0 Å². The average molecular weight is 367 g/mol. The first-order valence-corrected chi connectivity index (χ1v) is 8.54. The molecule has 0 aliphatic rings. The summed E-state index contributed by atoms with van der Waals surface area (Å²) in [5, 5.41) is 3.83. The van der Waals surface area contributed by atoms with E-state index in [0.717, 1.165) is 21.2 Å². The monoisotopic (exact) mass is 366 g/mol. The van der Waals surface area contributed by atoms with Crippen molar-refractivity contribution in [1.82, 2.24) is 4.83 Å². The Balaban J connectivity index is 2.16. The second-order valence-electron chi connectivity index (χ2n) is 4.67. The van der Waals surface area contributed by atoms with Crippen LogP contribution in [-0.4, -0.2) is 14.6 Å². The molecule has 0 bridgehead atoms. The van der Waals surface area contributed by atoms with Crippen molar-refractivity contribution in [2.24, 2.45) is 5.10 Å². The summed E-state index contributed by atoms with van der Waals surface area (Å²) < 4.78 is 25.0. The van der Waals surface area contributed by atoms with Gasteiger partial charge in [0.15, 0.2) is 0 Å². The summed E-state index contributed by atoms with van der Waals surface area (Å²) in [6, 6.07) is 12.3. The van der Waals surface area contributed by atoms with Crippen LogP contribution in [0, 0.1) is 13.8 Å². The lowest BCUT2D eigenvalue weighted by Gasteiger charge is -2.04. The van der Waals surface area contributed by atoms with Crippen LogP contribution in [0.25, 0.3) is 0 Å². The maximum atomic E-state index is 12.1. The number of halogens is 1. The van der Waals surface area contributed by atoms with Crippen LogP contribution in [0.5, 0.6) is 0 Å². The van der Waals surface area contributed by atoms with Gasteiger partial charge in [-0.15, -0.1) is 0 Å². The number of rotatable bonds is 4. The molecule has 110 valence electrons. The minimum absolute atomic E-state index is 0.191. The van der Waals surface area contributed by atoms with Gasteiger partial charge in [-0.2, -0.15) is 13.5 Å². The molecule has 0 fully saturated rings. The topological polar surface area (TPSA) is 58.5 Å². The van der Waals surface area contributed by atoms with Crippen molar-refractivity contribution >= 4 is 32.2 Å². The highest BCUT2D eigenvalue weighted by Gasteiger charge is 2.11. The summed E-state index contributed by atoms with van der Waals surface area (Å²) in [7, 11) is -3.63. The second kappa shape index (κ2) is 6.41. The molecular formula is C15H15BrN2O2S. The predicted molar refractivity (Wildman–Crippen MR) is 88.0 cm³/mol. The van der Waals surface area contributed by atoms with Gasteiger partial charge in [0.1, 0.15) is 0 Å². The van der Waals surface area contributed by atoms with Gasteiger partial charge in [0.2, 0.25) is 0 Å². The smallest absolute Gasteiger partial charge is 0.200 e. The molecule has 0 aliphatic heterocycles. The molecule has 0 aromatic heterocycles. The number of hydrogen-bond acceptors (Lipinski definition) is 3. The second-order valence-corrected chi connectivity index (χ2v) is 7.24. The summed E-state index contributed by atoms with van der Waals surface area (Å²) in [4.78, 5) is 2.41. The Hall–Kier alpha value is -1.66. The van der Waals surface area contributed by atoms with E-state index in [-0.39, 0.29) is 4.90 Å². The molecule has 0 saturated heterocycles. The average Bonchev–Trinajstić information content (AvgIpc) is 2.43. The van der Waals surface area contributed by atoms with E-state index >= 15 is 0 Å². The lowest BCUT2D eigenvalue weighted by Crippen LogP contribution is -2.18. The van der Waals surface area contributed by atoms with Crippen LogP contribution in [0.1, 0.15) is 16.7 Å². The van der Waals surface area contributed by atoms with Crippen molar-refractivity contribution < 1.29 is 8.42 Å². The van der Waals surface area contributed by atoms with Gasteiger partial charge in [0.05, 0.1) is 11.1 Å². The number of hydrogen-bond donors (Lipinski definition) is 1. The Morgan fingerprint density at radius 1 is 1.10 bits per heavy atom. The third kappa shape index (κ3) is 4.15. The molecule has 21 heavy (non-hydrogen) atoms. The standard InChI is InChI=1S/C15H15BrN2O2S/c1-11-3-7-15(8-4-11)21(19,20)18-17-10-13-9-14(16)6-5-12(13)2/h3-10,18H,1-2H3. The quantitative estimate of drug-likeness (QED) is 0.665. The van der Waals surface area contributed by atoms with Gasteiger partial charge < -0.3 is 0 Å². The van der Waals surface area contributed by atoms with Crippen molar-refractivity contribution in [1.29, 1.82) is 0 Å². The van der Waals surface area contributed by atoms with Crippen molar-refractivity contribution in [3.8, 4) is 0 Å². The van der Waals surface area contributed by atoms with Crippen molar-refractivity contribution in [2.45, 2.75) is 18.7 Å². The molecule has 0 saturated carbocycles. The van der Waals surface area contributed by atoms with E-state index in [2.05, 4.69) is 25.9 Å². The zero-order valence-corrected chi connectivity index (χ0v) is 14.1. The van der Waals surface area contributed by atoms with Crippen LogP contribution in [0.15, 0.2) is 56.9 Å². The normalized spacial score (nSPS) is 11.8. The zero-order valence-electron chi connectivity index (χ0n) is 11.7. The molecule has 0 aliphatic carbocycles. The van der Waals surface area contributed by atoms with Gasteiger partial charge in [-0.3, -0.25) is 0 Å². The molecule has 1 N–H and O–H groups in total. The Kier molecular flexibility index (Phi) is 4.80. The molecule has 6 heteroatoms. The number of benzene rings is 2. The summed E-state index contributed by atoms with van der Waals surface area (Å²) >= 11 is 3.37. The fourth-order valence-electron chi connectivity index (χ4n) is 1.69. The van der Waals surface area contributed by atoms with Gasteiger partial charge in [-0.25, -0.2) is 4.83 Å². The number of sulfonamides is 1. The van der Waals surface area contributed by atoms with Gasteiger partial charge in [-0.05, 0) is 49.2 Å². The minimum Gasteiger partial charge on any atom is -0.200 e. The van der Waals surface area contributed by atoms with E-state index in [1.54, 1.807) is 24.3 Å². The van der Waals surface area contributed by atoms with Crippen LogP contribution < -0.4 is 4.83 Å². The fourth-order valence-corrected chi connectivity index (χ4v) is 2.86. The van der Waals surface area contributed by atoms with E-state index in [4.69, 9.17) is 0 Å². The van der Waals surface area contributed by atoms with Gasteiger partial charge in [0.25, 0.3) is 10.0 Å². The molecule has 4 nitrogen and oxygen atoms in total. The van der Waals surface area contributed by atoms with Crippen LogP contribution in [0.3, 0.4) is 0 Å². The Morgan fingerprint density at radius 3 is 2.43 bits per heavy atom. The first-order valence-electron chi connectivity index (χ1n) is 6.26. The number of nitrogens with one attached hydrogen (secondary N) is 1. The summed E-state index contributed by atoms with van der Waals surface area (Å²) in [5.74, 6) is 0. The fraction of sp³-hybridized carbons (Fsp3) is 0.133. The summed E-state index contributed by atoms with van der Waals surface area (Å²) in [6.07, 6.45) is 1.49. The molecule has 2 rings (SSSR count). The van der Waals surface area contributed by atoms with Crippen LogP contribution in [0.2, 0.25) is 0 Å². The Labute approximate surface area is 133 Å². The van der Waals surface area contributed by atoms with Gasteiger partial charge in [0, 0.05) is 4.47 Å². The molecule has 0 radical (unpaired) electrons. The molecule has 0 amide bonds. The largest absolute Gasteiger partial charge is 0.276 e. The predicted octanol–water partition coefficient (Wildman–Crippen LogP) is 3.38. The maximum Gasteiger partial charge on any atom is 0.276 e. The molecular weight excluding hydrogens is 352 g/mol. The van der Waals surface area contributed by atoms with Crippen molar-refractivity contribution in [3.05, 3.63) is 63.6 Å². The lowest BCUT2D eigenvalue weighted by molar-refractivity contribution is 0.584. The van der Waals surface area contributed by atoms with E-state index < -0.39 is 10.0 Å². The molecule has 2 aromatic carbocycles. The summed E-state index contributed by atoms with van der Waals surface area (Å²) in [5.41, 5.74) is 2.86. The first-order chi connectivity index (χ1) is 9.88. The third-order valence-electron chi connectivity index (χ3n) is 2.95. The third-order valence-corrected chi connectivity index (χ3v) is 4.68. The number of hydrazone groups is 1. The zero-order chi connectivity index (χ0) is 15.5. The highest BCUT2D eigenvalue weighted by atomic mass is 79.9. The van der Waals surface area contributed by atoms with Crippen molar-refractivity contribution in [2.75, 3.05) is 0 Å². The number of nitrogens with zero attached hydrogens (tertiary/aromatic N) is 1. The van der Waals surface area contributed by atoms with E-state index in [0.29, 0.717) is 0 Å². The van der Waals surface area contributed by atoms with Gasteiger partial charge in [-0.1, -0.05) is 39.7 Å². The highest BCUT2D eigenvalue weighted by molar-refractivity contribution is 9.10. The van der Waals surface area contributed by atoms with Crippen LogP contribution in [-0.2, 0) is 10.0 Å². The van der Waals surface area contributed by atoms with E-state index in [1.807, 2.05) is 32.0 Å². The first kappa shape index (κ1) is 15.7. The van der Waals surface area contributed by atoms with E-state index in [1.165, 1.54) is 6.21 Å². The molecule has 0 spiro atoms. The lowest BCUT2D eigenvalue weighted by atomic mass is 10.1. The minimum atomic E-state index is -3.63. The van der Waals surface area contributed by atoms with E-state index in [9.17, 15) is 8.42 Å². The maximum absolute atomic E-state index is 12.1. The van der Waals surface area contributed by atoms with Crippen molar-refractivity contribution in [3.63, 3.8) is 0 Å². The molecule has 0 unspecified atom stereocenters. The van der Waals surface area contributed by atoms with Gasteiger partial charge >= 0.3 is 0 Å². The highest BCUT2D eigenvalue weighted by Crippen LogP contribution is 2.14. The summed E-state index contributed by atoms with van der Waals surface area (Å²) in [6.45, 7) is 3.83. The SMILES string of the molecule is Cc1ccc(S(=O)(=O)NN=Cc2cc(Br)ccc2C)cc1. The Bertz CT molecular complexity index is 769.